The highest BCUT2D eigenvalue weighted by atomic mass is 19.2. The second-order valence-corrected chi connectivity index (χ2v) is 6.37. The van der Waals surface area contributed by atoms with Gasteiger partial charge in [0.1, 0.15) is 6.54 Å². The van der Waals surface area contributed by atoms with E-state index in [0.29, 0.717) is 17.3 Å². The monoisotopic (exact) mass is 387 g/mol. The molecule has 1 amide bonds. The maximum absolute atomic E-state index is 13.3. The van der Waals surface area contributed by atoms with Crippen molar-refractivity contribution in [3.63, 3.8) is 0 Å². The number of aromatic nitrogens is 2. The third-order valence-electron chi connectivity index (χ3n) is 4.37. The van der Waals surface area contributed by atoms with Gasteiger partial charge in [-0.3, -0.25) is 18.7 Å². The van der Waals surface area contributed by atoms with Crippen molar-refractivity contribution in [2.24, 2.45) is 0 Å². The molecule has 0 bridgehead atoms. The summed E-state index contributed by atoms with van der Waals surface area (Å²) in [6.45, 7) is 1.83. The first kappa shape index (κ1) is 19.5. The quantitative estimate of drug-likeness (QED) is 0.707. The number of nitrogens with zero attached hydrogens (tertiary/aromatic N) is 2. The molecule has 146 valence electrons. The van der Waals surface area contributed by atoms with Gasteiger partial charge in [-0.25, -0.2) is 13.6 Å². The number of rotatable bonds is 6. The van der Waals surface area contributed by atoms with Gasteiger partial charge in [0, 0.05) is 18.3 Å². The molecule has 0 aliphatic heterocycles. The summed E-state index contributed by atoms with van der Waals surface area (Å²) < 4.78 is 28.7. The third-order valence-corrected chi connectivity index (χ3v) is 4.37. The number of fused-ring (bicyclic) bond motifs is 1. The fraction of sp³-hybridized carbons (Fsp3) is 0.250. The minimum atomic E-state index is -1.09. The summed E-state index contributed by atoms with van der Waals surface area (Å²) in [5, 5.41) is 2.77. The smallest absolute Gasteiger partial charge is 0.324 e. The molecule has 0 atom stereocenters. The van der Waals surface area contributed by atoms with Crippen LogP contribution in [0.15, 0.2) is 52.1 Å². The Morgan fingerprint density at radius 2 is 1.79 bits per heavy atom. The molecule has 3 aromatic rings. The number of anilines is 1. The van der Waals surface area contributed by atoms with Crippen LogP contribution in [-0.2, 0) is 17.9 Å². The Labute approximate surface area is 159 Å². The molecule has 8 heteroatoms. The minimum absolute atomic E-state index is 0.0700. The summed E-state index contributed by atoms with van der Waals surface area (Å²) in [6, 6.07) is 9.52. The third kappa shape index (κ3) is 3.85. The second-order valence-electron chi connectivity index (χ2n) is 6.37. The zero-order valence-corrected chi connectivity index (χ0v) is 15.2. The summed E-state index contributed by atoms with van der Waals surface area (Å²) in [5.41, 5.74) is -0.574. The summed E-state index contributed by atoms with van der Waals surface area (Å²) >= 11 is 0. The lowest BCUT2D eigenvalue weighted by Crippen LogP contribution is -2.41. The van der Waals surface area contributed by atoms with Gasteiger partial charge in [0.2, 0.25) is 5.91 Å². The lowest BCUT2D eigenvalue weighted by Gasteiger charge is -2.14. The van der Waals surface area contributed by atoms with Crippen LogP contribution >= 0.6 is 0 Å². The molecule has 0 unspecified atom stereocenters. The molecule has 0 saturated heterocycles. The Morgan fingerprint density at radius 3 is 2.50 bits per heavy atom. The Morgan fingerprint density at radius 1 is 1.04 bits per heavy atom. The Kier molecular flexibility index (Phi) is 5.67. The van der Waals surface area contributed by atoms with E-state index in [1.165, 1.54) is 10.6 Å². The highest BCUT2D eigenvalue weighted by molar-refractivity contribution is 5.91. The highest BCUT2D eigenvalue weighted by Crippen LogP contribution is 2.13. The summed E-state index contributed by atoms with van der Waals surface area (Å²) in [4.78, 5) is 37.9. The van der Waals surface area contributed by atoms with E-state index in [1.807, 2.05) is 6.92 Å². The Balaban J connectivity index is 1.99. The zero-order valence-electron chi connectivity index (χ0n) is 15.2. The lowest BCUT2D eigenvalue weighted by molar-refractivity contribution is -0.116. The predicted molar refractivity (Wildman–Crippen MR) is 102 cm³/mol. The molecule has 1 aromatic heterocycles. The SMILES string of the molecule is CCCCn1c(=O)c2ccccc2n(CC(=O)Nc2ccc(F)c(F)c2)c1=O. The Bertz CT molecular complexity index is 1150. The van der Waals surface area contributed by atoms with E-state index >= 15 is 0 Å². The number of para-hydroxylation sites is 1. The fourth-order valence-corrected chi connectivity index (χ4v) is 2.96. The van der Waals surface area contributed by atoms with E-state index in [-0.39, 0.29) is 18.8 Å². The number of amides is 1. The van der Waals surface area contributed by atoms with Gasteiger partial charge in [-0.05, 0) is 30.7 Å². The van der Waals surface area contributed by atoms with Gasteiger partial charge in [0.15, 0.2) is 11.6 Å². The number of carbonyl (C=O) groups is 1. The number of nitrogens with one attached hydrogen (secondary N) is 1. The molecule has 2 aromatic carbocycles. The number of hydrogen-bond acceptors (Lipinski definition) is 3. The molecule has 0 spiro atoms. The van der Waals surface area contributed by atoms with Crippen LogP contribution in [0.2, 0.25) is 0 Å². The van der Waals surface area contributed by atoms with Crippen LogP contribution in [0.1, 0.15) is 19.8 Å². The maximum atomic E-state index is 13.3. The van der Waals surface area contributed by atoms with E-state index in [0.717, 1.165) is 23.1 Å². The van der Waals surface area contributed by atoms with E-state index in [2.05, 4.69) is 5.32 Å². The minimum Gasteiger partial charge on any atom is -0.324 e. The molecule has 6 nitrogen and oxygen atoms in total. The molecule has 0 aliphatic carbocycles. The first-order chi connectivity index (χ1) is 13.4. The van der Waals surface area contributed by atoms with Crippen LogP contribution in [-0.4, -0.2) is 15.0 Å². The summed E-state index contributed by atoms with van der Waals surface area (Å²) in [5.74, 6) is -2.71. The molecule has 3 rings (SSSR count). The molecular weight excluding hydrogens is 368 g/mol. The van der Waals surface area contributed by atoms with Gasteiger partial charge in [0.25, 0.3) is 5.56 Å². The van der Waals surface area contributed by atoms with E-state index in [1.54, 1.807) is 24.3 Å². The first-order valence-electron chi connectivity index (χ1n) is 8.89. The van der Waals surface area contributed by atoms with Crippen LogP contribution in [0, 0.1) is 11.6 Å². The van der Waals surface area contributed by atoms with Crippen molar-refractivity contribution in [3.8, 4) is 0 Å². The average Bonchev–Trinajstić information content (AvgIpc) is 2.68. The van der Waals surface area contributed by atoms with Crippen LogP contribution in [0.25, 0.3) is 10.9 Å². The van der Waals surface area contributed by atoms with Gasteiger partial charge < -0.3 is 5.32 Å². The lowest BCUT2D eigenvalue weighted by atomic mass is 10.2. The fourth-order valence-electron chi connectivity index (χ4n) is 2.96. The van der Waals surface area contributed by atoms with Crippen molar-refractivity contribution < 1.29 is 13.6 Å². The molecule has 0 radical (unpaired) electrons. The highest BCUT2D eigenvalue weighted by Gasteiger charge is 2.15. The van der Waals surface area contributed by atoms with Crippen molar-refractivity contribution in [2.45, 2.75) is 32.9 Å². The summed E-state index contributed by atoms with van der Waals surface area (Å²) in [7, 11) is 0. The van der Waals surface area contributed by atoms with Crippen LogP contribution in [0.5, 0.6) is 0 Å². The van der Waals surface area contributed by atoms with Gasteiger partial charge in [-0.1, -0.05) is 25.5 Å². The van der Waals surface area contributed by atoms with Gasteiger partial charge >= 0.3 is 5.69 Å². The number of unbranched alkanes of at least 4 members (excludes halogenated alkanes) is 1. The van der Waals surface area contributed by atoms with Crippen molar-refractivity contribution in [1.29, 1.82) is 0 Å². The molecule has 0 aliphatic rings. The van der Waals surface area contributed by atoms with Crippen molar-refractivity contribution in [1.82, 2.24) is 9.13 Å². The van der Waals surface area contributed by atoms with Gasteiger partial charge in [-0.15, -0.1) is 0 Å². The molecule has 1 N–H and O–H groups in total. The summed E-state index contributed by atoms with van der Waals surface area (Å²) in [6.07, 6.45) is 1.45. The second kappa shape index (κ2) is 8.16. The van der Waals surface area contributed by atoms with Gasteiger partial charge in [0.05, 0.1) is 10.9 Å². The van der Waals surface area contributed by atoms with Crippen LogP contribution < -0.4 is 16.6 Å². The topological polar surface area (TPSA) is 73.1 Å². The normalized spacial score (nSPS) is 11.0. The molecule has 1 heterocycles. The number of halogens is 2. The maximum Gasteiger partial charge on any atom is 0.331 e. The van der Waals surface area contributed by atoms with Crippen molar-refractivity contribution >= 4 is 22.5 Å². The number of carbonyl (C=O) groups excluding carboxylic acids is 1. The van der Waals surface area contributed by atoms with Crippen LogP contribution in [0.4, 0.5) is 14.5 Å². The zero-order chi connectivity index (χ0) is 20.3. The molecule has 0 saturated carbocycles. The number of benzene rings is 2. The van der Waals surface area contributed by atoms with Gasteiger partial charge in [-0.2, -0.15) is 0 Å². The van der Waals surface area contributed by atoms with Crippen molar-refractivity contribution in [3.05, 3.63) is 74.9 Å². The van der Waals surface area contributed by atoms with E-state index in [4.69, 9.17) is 0 Å². The molecule has 28 heavy (non-hydrogen) atoms. The van der Waals surface area contributed by atoms with Crippen molar-refractivity contribution in [2.75, 3.05) is 5.32 Å². The molecule has 0 fully saturated rings. The largest absolute Gasteiger partial charge is 0.331 e. The molecular formula is C20H19F2N3O3. The van der Waals surface area contributed by atoms with Crippen LogP contribution in [0.3, 0.4) is 0 Å². The number of hydrogen-bond donors (Lipinski definition) is 1. The standard InChI is InChI=1S/C20H19F2N3O3/c1-2-3-10-24-19(27)14-6-4-5-7-17(14)25(20(24)28)12-18(26)23-13-8-9-15(21)16(22)11-13/h4-9,11H,2-3,10,12H2,1H3,(H,23,26). The first-order valence-corrected chi connectivity index (χ1v) is 8.89. The van der Waals surface area contributed by atoms with E-state index < -0.39 is 28.8 Å². The average molecular weight is 387 g/mol. The van der Waals surface area contributed by atoms with E-state index in [9.17, 15) is 23.2 Å². The predicted octanol–water partition coefficient (Wildman–Crippen LogP) is 2.88. The Hall–Kier alpha value is -3.29.